The van der Waals surface area contributed by atoms with Gasteiger partial charge in [0.25, 0.3) is 5.91 Å². The van der Waals surface area contributed by atoms with Gasteiger partial charge in [-0.3, -0.25) is 4.79 Å². The molecule has 1 amide bonds. The molecule has 4 nitrogen and oxygen atoms in total. The molecule has 18 heavy (non-hydrogen) atoms. The zero-order valence-corrected chi connectivity index (χ0v) is 10.1. The molecule has 2 rings (SSSR count). The summed E-state index contributed by atoms with van der Waals surface area (Å²) in [6.07, 6.45) is 2.30. The fourth-order valence-electron chi connectivity index (χ4n) is 1.71. The quantitative estimate of drug-likeness (QED) is 0.869. The molecule has 2 aromatic rings. The first kappa shape index (κ1) is 12.1. The lowest BCUT2D eigenvalue weighted by Gasteiger charge is -2.08. The Labute approximate surface area is 105 Å². The van der Waals surface area contributed by atoms with Crippen LogP contribution in [-0.2, 0) is 6.42 Å². The van der Waals surface area contributed by atoms with E-state index in [9.17, 15) is 9.90 Å². The number of phenols is 1. The number of aromatic hydroxyl groups is 1. The van der Waals surface area contributed by atoms with E-state index in [-0.39, 0.29) is 11.7 Å². The van der Waals surface area contributed by atoms with Crippen LogP contribution >= 0.6 is 0 Å². The second-order valence-electron chi connectivity index (χ2n) is 3.86. The van der Waals surface area contributed by atoms with Gasteiger partial charge < -0.3 is 10.4 Å². The smallest absolute Gasteiger partial charge is 0.257 e. The summed E-state index contributed by atoms with van der Waals surface area (Å²) in [6.45, 7) is 1.94. The van der Waals surface area contributed by atoms with Gasteiger partial charge in [0.15, 0.2) is 0 Å². The van der Waals surface area contributed by atoms with Crippen LogP contribution in [0.1, 0.15) is 22.8 Å². The lowest BCUT2D eigenvalue weighted by molar-refractivity contribution is 0.102. The van der Waals surface area contributed by atoms with E-state index in [4.69, 9.17) is 0 Å². The predicted octanol–water partition coefficient (Wildman–Crippen LogP) is 2.60. The number of hydrogen-bond acceptors (Lipinski definition) is 3. The van der Waals surface area contributed by atoms with Gasteiger partial charge in [-0.15, -0.1) is 0 Å². The van der Waals surface area contributed by atoms with E-state index < -0.39 is 0 Å². The van der Waals surface area contributed by atoms with Crippen LogP contribution in [0.5, 0.6) is 5.75 Å². The number of nitrogens with one attached hydrogen (secondary N) is 1. The number of phenolic OH excluding ortho intramolecular Hbond substituents is 1. The van der Waals surface area contributed by atoms with Crippen molar-refractivity contribution in [2.45, 2.75) is 13.3 Å². The van der Waals surface area contributed by atoms with Gasteiger partial charge in [0.2, 0.25) is 0 Å². The molecule has 0 fully saturated rings. The molecule has 0 spiro atoms. The Hall–Kier alpha value is -2.36. The average molecular weight is 242 g/mol. The minimum absolute atomic E-state index is 0.168. The molecule has 0 radical (unpaired) electrons. The van der Waals surface area contributed by atoms with Crippen LogP contribution in [0.15, 0.2) is 42.6 Å². The number of amides is 1. The van der Waals surface area contributed by atoms with E-state index in [2.05, 4.69) is 10.3 Å². The Kier molecular flexibility index (Phi) is 3.57. The molecule has 0 aliphatic heterocycles. The lowest BCUT2D eigenvalue weighted by Crippen LogP contribution is -2.14. The topological polar surface area (TPSA) is 62.2 Å². The highest BCUT2D eigenvalue weighted by Gasteiger charge is 2.11. The van der Waals surface area contributed by atoms with Crippen molar-refractivity contribution < 1.29 is 9.90 Å². The molecule has 2 N–H and O–H groups in total. The van der Waals surface area contributed by atoms with Crippen molar-refractivity contribution in [3.05, 3.63) is 53.7 Å². The molecule has 0 bridgehead atoms. The summed E-state index contributed by atoms with van der Waals surface area (Å²) in [5.41, 5.74) is 1.37. The number of benzene rings is 1. The fraction of sp³-hybridized carbons (Fsp3) is 0.143. The third-order valence-corrected chi connectivity index (χ3v) is 2.62. The number of carbonyl (C=O) groups is 1. The first-order valence-electron chi connectivity index (χ1n) is 5.75. The summed E-state index contributed by atoms with van der Waals surface area (Å²) >= 11 is 0. The van der Waals surface area contributed by atoms with Crippen molar-refractivity contribution in [1.82, 2.24) is 4.98 Å². The Balaban J connectivity index is 2.24. The minimum Gasteiger partial charge on any atom is -0.508 e. The van der Waals surface area contributed by atoms with Gasteiger partial charge in [-0.25, -0.2) is 4.98 Å². The molecule has 0 atom stereocenters. The maximum atomic E-state index is 12.1. The van der Waals surface area contributed by atoms with Crippen LogP contribution in [0, 0.1) is 0 Å². The monoisotopic (exact) mass is 242 g/mol. The highest BCUT2D eigenvalue weighted by molar-refractivity contribution is 6.04. The molecular weight excluding hydrogens is 228 g/mol. The number of aromatic nitrogens is 1. The highest BCUT2D eigenvalue weighted by atomic mass is 16.3. The van der Waals surface area contributed by atoms with Crippen LogP contribution in [0.4, 0.5) is 5.82 Å². The van der Waals surface area contributed by atoms with Crippen LogP contribution in [-0.4, -0.2) is 16.0 Å². The second-order valence-corrected chi connectivity index (χ2v) is 3.86. The summed E-state index contributed by atoms with van der Waals surface area (Å²) in [7, 11) is 0. The van der Waals surface area contributed by atoms with E-state index in [0.29, 0.717) is 17.8 Å². The first-order valence-corrected chi connectivity index (χ1v) is 5.75. The summed E-state index contributed by atoms with van der Waals surface area (Å²) in [4.78, 5) is 16.1. The van der Waals surface area contributed by atoms with Gasteiger partial charge in [0, 0.05) is 11.8 Å². The average Bonchev–Trinajstić information content (AvgIpc) is 2.39. The molecule has 1 aromatic heterocycles. The second kappa shape index (κ2) is 5.31. The third kappa shape index (κ3) is 2.66. The molecule has 4 heteroatoms. The van der Waals surface area contributed by atoms with Crippen molar-refractivity contribution >= 4 is 11.7 Å². The van der Waals surface area contributed by atoms with Crippen LogP contribution in [0.3, 0.4) is 0 Å². The van der Waals surface area contributed by atoms with Gasteiger partial charge in [0.05, 0.1) is 0 Å². The normalized spacial score (nSPS) is 10.1. The summed E-state index contributed by atoms with van der Waals surface area (Å²) in [5.74, 6) is 0.462. The van der Waals surface area contributed by atoms with Crippen molar-refractivity contribution in [3.63, 3.8) is 0 Å². The molecule has 1 aromatic carbocycles. The molecule has 0 unspecified atom stereocenters. The van der Waals surface area contributed by atoms with Crippen molar-refractivity contribution in [2.24, 2.45) is 0 Å². The molecular formula is C14H14N2O2. The Morgan fingerprint density at radius 1 is 1.33 bits per heavy atom. The van der Waals surface area contributed by atoms with Crippen LogP contribution < -0.4 is 5.32 Å². The zero-order chi connectivity index (χ0) is 13.0. The molecule has 0 aliphatic carbocycles. The number of nitrogens with zero attached hydrogens (tertiary/aromatic N) is 1. The number of carbonyl (C=O) groups excluding carboxylic acids is 1. The van der Waals surface area contributed by atoms with Gasteiger partial charge in [-0.2, -0.15) is 0 Å². The van der Waals surface area contributed by atoms with Gasteiger partial charge in [-0.1, -0.05) is 13.0 Å². The number of anilines is 1. The molecule has 92 valence electrons. The standard InChI is InChI=1S/C14H14N2O2/c1-2-10-9-11(17)6-7-12(10)14(18)16-13-5-3-4-8-15-13/h3-9,17H,2H2,1H3,(H,15,16,18). The number of aryl methyl sites for hydroxylation is 1. The largest absolute Gasteiger partial charge is 0.508 e. The lowest BCUT2D eigenvalue weighted by atomic mass is 10.0. The summed E-state index contributed by atoms with van der Waals surface area (Å²) in [6, 6.07) is 10.0. The first-order chi connectivity index (χ1) is 8.70. The van der Waals surface area contributed by atoms with Crippen molar-refractivity contribution in [3.8, 4) is 5.75 Å². The number of hydrogen-bond donors (Lipinski definition) is 2. The fourth-order valence-corrected chi connectivity index (χ4v) is 1.71. The third-order valence-electron chi connectivity index (χ3n) is 2.62. The van der Waals surface area contributed by atoms with Gasteiger partial charge in [-0.05, 0) is 42.3 Å². The van der Waals surface area contributed by atoms with E-state index in [1.807, 2.05) is 6.92 Å². The maximum Gasteiger partial charge on any atom is 0.257 e. The molecule has 0 aliphatic rings. The number of pyridine rings is 1. The molecule has 1 heterocycles. The summed E-state index contributed by atoms with van der Waals surface area (Å²) < 4.78 is 0. The van der Waals surface area contributed by atoms with Crippen molar-refractivity contribution in [2.75, 3.05) is 5.32 Å². The zero-order valence-electron chi connectivity index (χ0n) is 10.1. The Morgan fingerprint density at radius 2 is 2.17 bits per heavy atom. The van der Waals surface area contributed by atoms with E-state index in [1.54, 1.807) is 36.5 Å². The van der Waals surface area contributed by atoms with Crippen LogP contribution in [0.2, 0.25) is 0 Å². The Morgan fingerprint density at radius 3 is 2.83 bits per heavy atom. The SMILES string of the molecule is CCc1cc(O)ccc1C(=O)Nc1ccccn1. The van der Waals surface area contributed by atoms with E-state index >= 15 is 0 Å². The predicted molar refractivity (Wildman–Crippen MR) is 69.7 cm³/mol. The maximum absolute atomic E-state index is 12.1. The van der Waals surface area contributed by atoms with Crippen molar-refractivity contribution in [1.29, 1.82) is 0 Å². The van der Waals surface area contributed by atoms with Gasteiger partial charge in [0.1, 0.15) is 11.6 Å². The molecule has 0 saturated heterocycles. The Bertz CT molecular complexity index is 553. The van der Waals surface area contributed by atoms with E-state index in [0.717, 1.165) is 5.56 Å². The highest BCUT2D eigenvalue weighted by Crippen LogP contribution is 2.18. The molecule has 0 saturated carbocycles. The summed E-state index contributed by atoms with van der Waals surface area (Å²) in [5, 5.41) is 12.1. The van der Waals surface area contributed by atoms with E-state index in [1.165, 1.54) is 6.07 Å². The number of rotatable bonds is 3. The minimum atomic E-state index is -0.217. The van der Waals surface area contributed by atoms with Gasteiger partial charge >= 0.3 is 0 Å². The van der Waals surface area contributed by atoms with Crippen LogP contribution in [0.25, 0.3) is 0 Å².